The molecule has 154 valence electrons. The predicted octanol–water partition coefficient (Wildman–Crippen LogP) is 3.42. The molecule has 0 saturated carbocycles. The number of carbonyl (C=O) groups excluding carboxylic acids is 1. The molecule has 1 aliphatic carbocycles. The van der Waals surface area contributed by atoms with Gasteiger partial charge in [0.15, 0.2) is 0 Å². The van der Waals surface area contributed by atoms with Crippen LogP contribution >= 0.6 is 0 Å². The number of piperidine rings is 1. The topological polar surface area (TPSA) is 66.5 Å². The molecule has 5 nitrogen and oxygen atoms in total. The molecule has 0 bridgehead atoms. The summed E-state index contributed by atoms with van der Waals surface area (Å²) in [6, 6.07) is 17.7. The first-order chi connectivity index (χ1) is 14.0. The van der Waals surface area contributed by atoms with E-state index in [-0.39, 0.29) is 23.6 Å². The van der Waals surface area contributed by atoms with E-state index in [1.807, 2.05) is 36.4 Å². The zero-order valence-electron chi connectivity index (χ0n) is 16.6. The highest BCUT2D eigenvalue weighted by atomic mass is 32.2. The average Bonchev–Trinajstić information content (AvgIpc) is 2.74. The fraction of sp³-hybridized carbons (Fsp3) is 0.435. The molecule has 1 N–H and O–H groups in total. The van der Waals surface area contributed by atoms with E-state index in [0.717, 1.165) is 24.8 Å². The monoisotopic (exact) mass is 412 g/mol. The Morgan fingerprint density at radius 3 is 2.41 bits per heavy atom. The van der Waals surface area contributed by atoms with E-state index in [9.17, 15) is 13.2 Å². The number of sulfonamides is 1. The van der Waals surface area contributed by atoms with E-state index < -0.39 is 10.0 Å². The van der Waals surface area contributed by atoms with Crippen LogP contribution < -0.4 is 5.32 Å². The second kappa shape index (κ2) is 8.67. The Balaban J connectivity index is 1.33. The Kier molecular flexibility index (Phi) is 6.01. The first-order valence-electron chi connectivity index (χ1n) is 10.4. The lowest BCUT2D eigenvalue weighted by atomic mass is 9.87. The van der Waals surface area contributed by atoms with Gasteiger partial charge < -0.3 is 5.32 Å². The normalized spacial score (nSPS) is 20.8. The lowest BCUT2D eigenvalue weighted by molar-refractivity contribution is -0.127. The van der Waals surface area contributed by atoms with Crippen molar-refractivity contribution in [1.82, 2.24) is 9.62 Å². The predicted molar refractivity (Wildman–Crippen MR) is 114 cm³/mol. The van der Waals surface area contributed by atoms with Crippen molar-refractivity contribution in [2.45, 2.75) is 43.9 Å². The van der Waals surface area contributed by atoms with E-state index in [4.69, 9.17) is 0 Å². The van der Waals surface area contributed by atoms with Gasteiger partial charge in [-0.1, -0.05) is 54.6 Å². The number of amides is 1. The molecule has 0 aromatic heterocycles. The first-order valence-corrected chi connectivity index (χ1v) is 12.0. The van der Waals surface area contributed by atoms with Crippen molar-refractivity contribution < 1.29 is 13.2 Å². The maximum Gasteiger partial charge on any atom is 0.223 e. The second-order valence-electron chi connectivity index (χ2n) is 8.07. The largest absolute Gasteiger partial charge is 0.349 e. The van der Waals surface area contributed by atoms with Crippen molar-refractivity contribution >= 4 is 15.9 Å². The van der Waals surface area contributed by atoms with Gasteiger partial charge in [-0.15, -0.1) is 0 Å². The van der Waals surface area contributed by atoms with E-state index in [1.165, 1.54) is 11.1 Å². The summed E-state index contributed by atoms with van der Waals surface area (Å²) < 4.78 is 27.0. The van der Waals surface area contributed by atoms with Crippen molar-refractivity contribution in [2.75, 3.05) is 13.1 Å². The fourth-order valence-electron chi connectivity index (χ4n) is 4.47. The van der Waals surface area contributed by atoms with Gasteiger partial charge in [-0.25, -0.2) is 12.7 Å². The maximum atomic E-state index is 12.8. The molecular formula is C23H28N2O3S. The molecule has 1 atom stereocenters. The number of benzene rings is 2. The molecule has 0 unspecified atom stereocenters. The quantitative estimate of drug-likeness (QED) is 0.818. The average molecular weight is 413 g/mol. The highest BCUT2D eigenvalue weighted by Crippen LogP contribution is 2.30. The number of carbonyl (C=O) groups is 1. The number of hydrogen-bond acceptors (Lipinski definition) is 3. The van der Waals surface area contributed by atoms with Crippen LogP contribution in [0.25, 0.3) is 0 Å². The summed E-state index contributed by atoms with van der Waals surface area (Å²) in [5.41, 5.74) is 3.35. The zero-order chi connectivity index (χ0) is 20.3. The number of hydrogen-bond donors (Lipinski definition) is 1. The van der Waals surface area contributed by atoms with Gasteiger partial charge in [0.2, 0.25) is 15.9 Å². The Bertz CT molecular complexity index is 951. The minimum Gasteiger partial charge on any atom is -0.349 e. The van der Waals surface area contributed by atoms with Crippen LogP contribution in [0.15, 0.2) is 54.6 Å². The lowest BCUT2D eigenvalue weighted by Crippen LogP contribution is -2.44. The Morgan fingerprint density at radius 1 is 0.966 bits per heavy atom. The summed E-state index contributed by atoms with van der Waals surface area (Å²) in [4.78, 5) is 12.8. The summed E-state index contributed by atoms with van der Waals surface area (Å²) in [6.45, 7) is 0.822. The molecule has 1 saturated heterocycles. The van der Waals surface area contributed by atoms with Crippen LogP contribution in [0.1, 0.15) is 48.4 Å². The van der Waals surface area contributed by atoms with Crippen molar-refractivity contribution in [3.05, 3.63) is 71.3 Å². The van der Waals surface area contributed by atoms with Crippen molar-refractivity contribution in [3.8, 4) is 0 Å². The van der Waals surface area contributed by atoms with Crippen LogP contribution in [0.2, 0.25) is 0 Å². The maximum absolute atomic E-state index is 12.8. The van der Waals surface area contributed by atoms with E-state index >= 15 is 0 Å². The number of rotatable bonds is 5. The number of nitrogens with one attached hydrogen (secondary N) is 1. The number of aryl methyl sites for hydroxylation is 1. The van der Waals surface area contributed by atoms with Gasteiger partial charge in [-0.2, -0.15) is 0 Å². The third kappa shape index (κ3) is 4.70. The van der Waals surface area contributed by atoms with Gasteiger partial charge in [0.05, 0.1) is 11.8 Å². The van der Waals surface area contributed by atoms with Gasteiger partial charge in [-0.05, 0) is 48.8 Å². The molecule has 2 aliphatic rings. The van der Waals surface area contributed by atoms with Gasteiger partial charge in [0.25, 0.3) is 0 Å². The molecule has 29 heavy (non-hydrogen) atoms. The molecule has 1 amide bonds. The third-order valence-corrected chi connectivity index (χ3v) is 7.95. The molecule has 0 radical (unpaired) electrons. The molecule has 6 heteroatoms. The highest BCUT2D eigenvalue weighted by molar-refractivity contribution is 7.88. The van der Waals surface area contributed by atoms with Gasteiger partial charge in [0.1, 0.15) is 0 Å². The zero-order valence-corrected chi connectivity index (χ0v) is 17.4. The van der Waals surface area contributed by atoms with Crippen LogP contribution in [-0.2, 0) is 27.0 Å². The van der Waals surface area contributed by atoms with Gasteiger partial charge in [0, 0.05) is 19.0 Å². The molecule has 1 aliphatic heterocycles. The summed E-state index contributed by atoms with van der Waals surface area (Å²) in [5, 5.41) is 3.23. The highest BCUT2D eigenvalue weighted by Gasteiger charge is 2.32. The van der Waals surface area contributed by atoms with Gasteiger partial charge in [-0.3, -0.25) is 4.79 Å². The van der Waals surface area contributed by atoms with Crippen LogP contribution in [0.3, 0.4) is 0 Å². The van der Waals surface area contributed by atoms with Crippen LogP contribution in [0.4, 0.5) is 0 Å². The third-order valence-electron chi connectivity index (χ3n) is 6.10. The molecule has 4 rings (SSSR count). The Morgan fingerprint density at radius 2 is 1.66 bits per heavy atom. The second-order valence-corrected chi connectivity index (χ2v) is 10.0. The molecule has 0 spiro atoms. The lowest BCUT2D eigenvalue weighted by Gasteiger charge is -2.32. The minimum absolute atomic E-state index is 0.0174. The van der Waals surface area contributed by atoms with E-state index in [0.29, 0.717) is 25.9 Å². The van der Waals surface area contributed by atoms with E-state index in [1.54, 1.807) is 4.31 Å². The SMILES string of the molecule is O=C(N[C@@H]1CCCc2ccccc21)C1CCN(S(=O)(=O)Cc2ccccc2)CC1. The van der Waals surface area contributed by atoms with Crippen LogP contribution in [0.5, 0.6) is 0 Å². The van der Waals surface area contributed by atoms with Gasteiger partial charge >= 0.3 is 0 Å². The summed E-state index contributed by atoms with van der Waals surface area (Å²) >= 11 is 0. The summed E-state index contributed by atoms with van der Waals surface area (Å²) in [7, 11) is -3.35. The minimum atomic E-state index is -3.35. The molecule has 2 aromatic rings. The molecule has 1 fully saturated rings. The standard InChI is InChI=1S/C23H28N2O3S/c26-23(24-22-12-6-10-19-9-4-5-11-21(19)22)20-13-15-25(16-14-20)29(27,28)17-18-7-2-1-3-8-18/h1-5,7-9,11,20,22H,6,10,12-17H2,(H,24,26)/t22-/m1/s1. The van der Waals surface area contributed by atoms with Crippen molar-refractivity contribution in [2.24, 2.45) is 5.92 Å². The fourth-order valence-corrected chi connectivity index (χ4v) is 6.03. The number of nitrogens with zero attached hydrogens (tertiary/aromatic N) is 1. The van der Waals surface area contributed by atoms with Crippen molar-refractivity contribution in [3.63, 3.8) is 0 Å². The van der Waals surface area contributed by atoms with Crippen LogP contribution in [-0.4, -0.2) is 31.7 Å². The Labute approximate surface area is 173 Å². The molecular weight excluding hydrogens is 384 g/mol. The summed E-state index contributed by atoms with van der Waals surface area (Å²) in [5.74, 6) is -0.0390. The molecule has 2 aromatic carbocycles. The Hall–Kier alpha value is -2.18. The van der Waals surface area contributed by atoms with Crippen molar-refractivity contribution in [1.29, 1.82) is 0 Å². The smallest absolute Gasteiger partial charge is 0.223 e. The molecule has 1 heterocycles. The first kappa shape index (κ1) is 20.1. The number of fused-ring (bicyclic) bond motifs is 1. The van der Waals surface area contributed by atoms with E-state index in [2.05, 4.69) is 23.5 Å². The van der Waals surface area contributed by atoms with Crippen LogP contribution in [0, 0.1) is 5.92 Å². The summed E-state index contributed by atoms with van der Waals surface area (Å²) in [6.07, 6.45) is 4.27.